The Balaban J connectivity index is 1.98. The van der Waals surface area contributed by atoms with E-state index in [1.165, 1.54) is 0 Å². The molecule has 2 aromatic heterocycles. The zero-order chi connectivity index (χ0) is 11.5. The van der Waals surface area contributed by atoms with Gasteiger partial charge in [0.25, 0.3) is 0 Å². The van der Waals surface area contributed by atoms with Crippen molar-refractivity contribution in [3.8, 4) is 0 Å². The molecule has 3 rings (SSSR count). The van der Waals surface area contributed by atoms with E-state index in [9.17, 15) is 0 Å². The first-order valence-corrected chi connectivity index (χ1v) is 5.44. The number of fused-ring (bicyclic) bond motifs is 1. The van der Waals surface area contributed by atoms with Crippen LogP contribution in [-0.2, 0) is 0 Å². The van der Waals surface area contributed by atoms with E-state index in [1.807, 2.05) is 47.4 Å². The van der Waals surface area contributed by atoms with Crippen LogP contribution in [-0.4, -0.2) is 14.8 Å². The summed E-state index contributed by atoms with van der Waals surface area (Å²) in [7, 11) is 0. The van der Waals surface area contributed by atoms with Crippen molar-refractivity contribution >= 4 is 23.2 Å². The molecule has 0 bridgehead atoms. The Labute approximate surface area is 99.0 Å². The lowest BCUT2D eigenvalue weighted by Gasteiger charge is -1.95. The van der Waals surface area contributed by atoms with E-state index in [1.54, 1.807) is 12.4 Å². The number of para-hydroxylation sites is 1. The van der Waals surface area contributed by atoms with Crippen LogP contribution in [0.1, 0.15) is 5.56 Å². The van der Waals surface area contributed by atoms with Crippen LogP contribution in [0.4, 0.5) is 0 Å². The number of benzene rings is 1. The highest BCUT2D eigenvalue weighted by Crippen LogP contribution is 2.13. The highest BCUT2D eigenvalue weighted by atomic mass is 15.3. The van der Waals surface area contributed by atoms with E-state index in [2.05, 4.69) is 22.2 Å². The highest BCUT2D eigenvalue weighted by molar-refractivity contribution is 5.81. The fourth-order valence-corrected chi connectivity index (χ4v) is 1.74. The molecule has 0 aliphatic heterocycles. The lowest BCUT2D eigenvalue weighted by atomic mass is 10.2. The zero-order valence-electron chi connectivity index (χ0n) is 9.19. The van der Waals surface area contributed by atoms with Crippen molar-refractivity contribution in [1.82, 2.24) is 14.8 Å². The number of hydrogen-bond donors (Lipinski definition) is 0. The number of pyridine rings is 1. The normalized spacial score (nSPS) is 11.3. The second-order valence-corrected chi connectivity index (χ2v) is 3.74. The molecule has 0 spiro atoms. The number of hydrogen-bond acceptors (Lipinski definition) is 2. The van der Waals surface area contributed by atoms with Gasteiger partial charge in [0, 0.05) is 24.0 Å². The highest BCUT2D eigenvalue weighted by Gasteiger charge is 1.97. The topological polar surface area (TPSA) is 30.7 Å². The molecule has 82 valence electrons. The molecule has 0 aliphatic rings. The van der Waals surface area contributed by atoms with Crippen LogP contribution in [0.5, 0.6) is 0 Å². The molecule has 0 saturated heterocycles. The summed E-state index contributed by atoms with van der Waals surface area (Å²) in [6, 6.07) is 12.1. The Morgan fingerprint density at radius 1 is 1.00 bits per heavy atom. The minimum absolute atomic E-state index is 1.11. The van der Waals surface area contributed by atoms with Gasteiger partial charge in [0.1, 0.15) is 0 Å². The van der Waals surface area contributed by atoms with Crippen LogP contribution >= 0.6 is 0 Å². The van der Waals surface area contributed by atoms with E-state index in [0.29, 0.717) is 0 Å². The molecule has 0 unspecified atom stereocenters. The molecule has 1 aromatic carbocycles. The lowest BCUT2D eigenvalue weighted by Crippen LogP contribution is -1.87. The van der Waals surface area contributed by atoms with Gasteiger partial charge in [-0.15, -0.1) is 0 Å². The summed E-state index contributed by atoms with van der Waals surface area (Å²) in [5.74, 6) is 0. The SMILES string of the molecule is C(=C\n1ncc2ccccc21)/c1ccncc1. The summed E-state index contributed by atoms with van der Waals surface area (Å²) in [5.41, 5.74) is 2.22. The molecule has 2 heterocycles. The first-order chi connectivity index (χ1) is 8.43. The van der Waals surface area contributed by atoms with Gasteiger partial charge in [-0.3, -0.25) is 4.98 Å². The van der Waals surface area contributed by atoms with E-state index in [-0.39, 0.29) is 0 Å². The molecule has 0 fully saturated rings. The van der Waals surface area contributed by atoms with Crippen molar-refractivity contribution in [2.24, 2.45) is 0 Å². The monoisotopic (exact) mass is 221 g/mol. The van der Waals surface area contributed by atoms with E-state index >= 15 is 0 Å². The van der Waals surface area contributed by atoms with Gasteiger partial charge in [0.05, 0.1) is 11.7 Å². The number of aromatic nitrogens is 3. The molecule has 0 N–H and O–H groups in total. The molecule has 3 heteroatoms. The Morgan fingerprint density at radius 2 is 1.82 bits per heavy atom. The van der Waals surface area contributed by atoms with E-state index in [0.717, 1.165) is 16.5 Å². The summed E-state index contributed by atoms with van der Waals surface area (Å²) in [6.07, 6.45) is 9.40. The van der Waals surface area contributed by atoms with Crippen molar-refractivity contribution in [3.05, 3.63) is 60.6 Å². The maximum atomic E-state index is 4.32. The second-order valence-electron chi connectivity index (χ2n) is 3.74. The van der Waals surface area contributed by atoms with Gasteiger partial charge in [-0.1, -0.05) is 18.2 Å². The largest absolute Gasteiger partial charge is 0.265 e. The summed E-state index contributed by atoms with van der Waals surface area (Å²) >= 11 is 0. The van der Waals surface area contributed by atoms with Gasteiger partial charge < -0.3 is 0 Å². The minimum Gasteiger partial charge on any atom is -0.265 e. The fourth-order valence-electron chi connectivity index (χ4n) is 1.74. The number of rotatable bonds is 2. The average molecular weight is 221 g/mol. The number of nitrogens with zero attached hydrogens (tertiary/aromatic N) is 3. The third kappa shape index (κ3) is 1.95. The summed E-state index contributed by atoms with van der Waals surface area (Å²) in [4.78, 5) is 3.98. The standard InChI is InChI=1S/C14H11N3/c1-2-4-14-13(3-1)11-16-17(14)10-7-12-5-8-15-9-6-12/h1-11H/b10-7+. The molecule has 0 aliphatic carbocycles. The molecule has 17 heavy (non-hydrogen) atoms. The smallest absolute Gasteiger partial charge is 0.0733 e. The fraction of sp³-hybridized carbons (Fsp3) is 0. The maximum absolute atomic E-state index is 4.32. The van der Waals surface area contributed by atoms with E-state index < -0.39 is 0 Å². The zero-order valence-corrected chi connectivity index (χ0v) is 9.19. The summed E-state index contributed by atoms with van der Waals surface area (Å²) in [5, 5.41) is 5.47. The molecule has 0 saturated carbocycles. The van der Waals surface area contributed by atoms with Crippen LogP contribution in [0.25, 0.3) is 23.2 Å². The first-order valence-electron chi connectivity index (χ1n) is 5.44. The molecule has 0 amide bonds. The molecular formula is C14H11N3. The van der Waals surface area contributed by atoms with Gasteiger partial charge in [-0.25, -0.2) is 4.68 Å². The third-order valence-corrected chi connectivity index (χ3v) is 2.62. The Hall–Kier alpha value is -2.42. The Kier molecular flexibility index (Phi) is 2.43. The lowest BCUT2D eigenvalue weighted by molar-refractivity contribution is 0.969. The molecule has 3 aromatic rings. The van der Waals surface area contributed by atoms with Gasteiger partial charge >= 0.3 is 0 Å². The average Bonchev–Trinajstić information content (AvgIpc) is 2.81. The second kappa shape index (κ2) is 4.22. The van der Waals surface area contributed by atoms with E-state index in [4.69, 9.17) is 0 Å². The van der Waals surface area contributed by atoms with Gasteiger partial charge in [-0.05, 0) is 29.8 Å². The van der Waals surface area contributed by atoms with Crippen molar-refractivity contribution in [3.63, 3.8) is 0 Å². The van der Waals surface area contributed by atoms with Gasteiger partial charge in [0.15, 0.2) is 0 Å². The quantitative estimate of drug-likeness (QED) is 0.665. The molecule has 0 atom stereocenters. The summed E-state index contributed by atoms with van der Waals surface area (Å²) < 4.78 is 1.87. The van der Waals surface area contributed by atoms with Crippen LogP contribution < -0.4 is 0 Å². The van der Waals surface area contributed by atoms with Crippen molar-refractivity contribution in [1.29, 1.82) is 0 Å². The predicted octanol–water partition coefficient (Wildman–Crippen LogP) is 3.06. The third-order valence-electron chi connectivity index (χ3n) is 2.62. The van der Waals surface area contributed by atoms with Gasteiger partial charge in [-0.2, -0.15) is 5.10 Å². The van der Waals surface area contributed by atoms with Crippen LogP contribution in [0, 0.1) is 0 Å². The first kappa shape index (κ1) is 9.78. The predicted molar refractivity (Wildman–Crippen MR) is 69.2 cm³/mol. The Morgan fingerprint density at radius 3 is 2.71 bits per heavy atom. The van der Waals surface area contributed by atoms with Crippen molar-refractivity contribution in [2.45, 2.75) is 0 Å². The van der Waals surface area contributed by atoms with Crippen LogP contribution in [0.3, 0.4) is 0 Å². The van der Waals surface area contributed by atoms with Crippen LogP contribution in [0.15, 0.2) is 55.0 Å². The molecule has 3 nitrogen and oxygen atoms in total. The van der Waals surface area contributed by atoms with Crippen LogP contribution in [0.2, 0.25) is 0 Å². The minimum atomic E-state index is 1.11. The molecule has 0 radical (unpaired) electrons. The van der Waals surface area contributed by atoms with Gasteiger partial charge in [0.2, 0.25) is 0 Å². The summed E-state index contributed by atoms with van der Waals surface area (Å²) in [6.45, 7) is 0. The van der Waals surface area contributed by atoms with Crippen molar-refractivity contribution < 1.29 is 0 Å². The Bertz CT molecular complexity index is 653. The maximum Gasteiger partial charge on any atom is 0.0733 e. The molecular weight excluding hydrogens is 210 g/mol. The van der Waals surface area contributed by atoms with Crippen molar-refractivity contribution in [2.75, 3.05) is 0 Å².